The lowest BCUT2D eigenvalue weighted by atomic mass is 10.0. The maximum absolute atomic E-state index is 12.6. The molecule has 1 aliphatic rings. The number of aliphatic hydroxyl groups is 1. The van der Waals surface area contributed by atoms with Gasteiger partial charge in [-0.2, -0.15) is 0 Å². The highest BCUT2D eigenvalue weighted by Crippen LogP contribution is 2.28. The van der Waals surface area contributed by atoms with Gasteiger partial charge in [-0.3, -0.25) is 4.79 Å². The molecule has 1 fully saturated rings. The van der Waals surface area contributed by atoms with Crippen LogP contribution in [0.25, 0.3) is 0 Å². The summed E-state index contributed by atoms with van der Waals surface area (Å²) in [5.41, 5.74) is 0.735. The van der Waals surface area contributed by atoms with Crippen LogP contribution >= 0.6 is 0 Å². The fourth-order valence-corrected chi connectivity index (χ4v) is 3.57. The fraction of sp³-hybridized carbons (Fsp3) is 0.636. The Morgan fingerprint density at radius 3 is 2.52 bits per heavy atom. The van der Waals surface area contributed by atoms with Gasteiger partial charge in [0, 0.05) is 6.54 Å². The third-order valence-corrected chi connectivity index (χ3v) is 5.50. The van der Waals surface area contributed by atoms with Crippen molar-refractivity contribution in [3.05, 3.63) is 35.9 Å². The monoisotopic (exact) mass is 405 g/mol. The van der Waals surface area contributed by atoms with Gasteiger partial charge in [0.2, 0.25) is 0 Å². The van der Waals surface area contributed by atoms with Gasteiger partial charge in [0.15, 0.2) is 6.10 Å². The molecule has 7 heteroatoms. The molecular weight excluding hydrogens is 370 g/mol. The topological polar surface area (TPSA) is 90.9 Å². The van der Waals surface area contributed by atoms with Crippen LogP contribution in [0.3, 0.4) is 0 Å². The molecule has 3 atom stereocenters. The number of rotatable bonds is 9. The minimum Gasteiger partial charge on any atom is -0.381 e. The predicted octanol–water partition coefficient (Wildman–Crippen LogP) is 3.30. The van der Waals surface area contributed by atoms with Crippen molar-refractivity contribution in [3.63, 3.8) is 0 Å². The van der Waals surface area contributed by atoms with Gasteiger partial charge in [0.1, 0.15) is 0 Å². The van der Waals surface area contributed by atoms with Crippen molar-refractivity contribution in [2.75, 3.05) is 6.54 Å². The summed E-state index contributed by atoms with van der Waals surface area (Å²) in [4.78, 5) is 30.5. The number of hydrogen-bond acceptors (Lipinski definition) is 5. The number of amides is 2. The number of nitrogens with one attached hydrogen (secondary N) is 2. The molecule has 1 aromatic rings. The van der Waals surface area contributed by atoms with Gasteiger partial charge in [-0.15, -0.1) is 5.06 Å². The first kappa shape index (κ1) is 23.2. The van der Waals surface area contributed by atoms with E-state index in [1.165, 1.54) is 0 Å². The van der Waals surface area contributed by atoms with E-state index < -0.39 is 24.1 Å². The van der Waals surface area contributed by atoms with E-state index in [0.717, 1.165) is 31.2 Å². The number of unbranched alkanes of at least 4 members (excludes halogenated alkanes) is 1. The number of carbonyl (C=O) groups is 2. The van der Waals surface area contributed by atoms with Crippen molar-refractivity contribution in [1.82, 2.24) is 15.7 Å². The van der Waals surface area contributed by atoms with Crippen molar-refractivity contribution >= 4 is 12.0 Å². The van der Waals surface area contributed by atoms with Crippen LogP contribution < -0.4 is 10.6 Å². The highest BCUT2D eigenvalue weighted by molar-refractivity contribution is 5.82. The maximum atomic E-state index is 12.6. The molecule has 0 radical (unpaired) electrons. The molecule has 0 aromatic heterocycles. The van der Waals surface area contributed by atoms with Crippen LogP contribution in [0, 0.1) is 0 Å². The number of hydroxylamine groups is 2. The summed E-state index contributed by atoms with van der Waals surface area (Å²) in [7, 11) is 0. The van der Waals surface area contributed by atoms with Gasteiger partial charge in [-0.25, -0.2) is 4.79 Å². The Labute approximate surface area is 173 Å². The minimum atomic E-state index is -1.35. The number of carbonyl (C=O) groups excluding carboxylic acids is 2. The zero-order valence-electron chi connectivity index (χ0n) is 18.0. The molecule has 3 N–H and O–H groups in total. The SMILES string of the molecule is CCCC[C@H](NC(=O)ON1CCCC1(C)C)C(O)C(=O)N[C@H](C)c1ccccc1. The van der Waals surface area contributed by atoms with Crippen LogP contribution in [-0.2, 0) is 9.63 Å². The highest BCUT2D eigenvalue weighted by atomic mass is 16.7. The molecule has 1 saturated heterocycles. The van der Waals surface area contributed by atoms with E-state index in [1.807, 2.05) is 58.0 Å². The molecule has 0 saturated carbocycles. The number of benzene rings is 1. The highest BCUT2D eigenvalue weighted by Gasteiger charge is 2.36. The van der Waals surface area contributed by atoms with Crippen molar-refractivity contribution in [3.8, 4) is 0 Å². The number of nitrogens with zero attached hydrogens (tertiary/aromatic N) is 1. The molecule has 0 bridgehead atoms. The van der Waals surface area contributed by atoms with Gasteiger partial charge >= 0.3 is 6.09 Å². The summed E-state index contributed by atoms with van der Waals surface area (Å²) < 4.78 is 0. The average Bonchev–Trinajstić information content (AvgIpc) is 3.02. The molecule has 1 unspecified atom stereocenters. The summed E-state index contributed by atoms with van der Waals surface area (Å²) in [5.74, 6) is -0.510. The summed E-state index contributed by atoms with van der Waals surface area (Å²) in [6.07, 6.45) is 2.07. The van der Waals surface area contributed by atoms with Crippen molar-refractivity contribution in [1.29, 1.82) is 0 Å². The molecule has 1 aromatic carbocycles. The van der Waals surface area contributed by atoms with Gasteiger partial charge in [-0.1, -0.05) is 50.1 Å². The molecule has 2 amide bonds. The molecule has 0 aliphatic carbocycles. The van der Waals surface area contributed by atoms with E-state index in [1.54, 1.807) is 5.06 Å². The standard InChI is InChI=1S/C22H35N3O4/c1-5-6-13-18(24-21(28)29-25-15-10-14-22(25,3)4)19(26)20(27)23-16(2)17-11-8-7-9-12-17/h7-9,11-12,16,18-19,26H,5-6,10,13-15H2,1-4H3,(H,23,27)(H,24,28)/t16-,18+,19?/m1/s1. The second-order valence-electron chi connectivity index (χ2n) is 8.38. The first-order valence-corrected chi connectivity index (χ1v) is 10.5. The van der Waals surface area contributed by atoms with Gasteiger partial charge in [0.25, 0.3) is 5.91 Å². The van der Waals surface area contributed by atoms with Crippen LogP contribution in [0.15, 0.2) is 30.3 Å². The van der Waals surface area contributed by atoms with Crippen LogP contribution in [0.1, 0.15) is 71.4 Å². The Morgan fingerprint density at radius 2 is 1.93 bits per heavy atom. The van der Waals surface area contributed by atoms with Crippen molar-refractivity contribution in [2.45, 2.75) is 83.5 Å². The maximum Gasteiger partial charge on any atom is 0.426 e. The second kappa shape index (κ2) is 10.6. The molecule has 0 spiro atoms. The zero-order valence-corrected chi connectivity index (χ0v) is 18.0. The molecule has 162 valence electrons. The lowest BCUT2D eigenvalue weighted by Gasteiger charge is -2.31. The first-order chi connectivity index (χ1) is 13.7. The van der Waals surface area contributed by atoms with E-state index in [0.29, 0.717) is 13.0 Å². The zero-order chi connectivity index (χ0) is 21.4. The third-order valence-electron chi connectivity index (χ3n) is 5.50. The molecule has 1 aliphatic heterocycles. The number of aliphatic hydroxyl groups excluding tert-OH is 1. The first-order valence-electron chi connectivity index (χ1n) is 10.5. The Hall–Kier alpha value is -2.12. The van der Waals surface area contributed by atoms with E-state index in [-0.39, 0.29) is 11.6 Å². The largest absolute Gasteiger partial charge is 0.426 e. The van der Waals surface area contributed by atoms with Gasteiger partial charge in [0.05, 0.1) is 17.6 Å². The fourth-order valence-electron chi connectivity index (χ4n) is 3.57. The van der Waals surface area contributed by atoms with Crippen LogP contribution in [-0.4, -0.2) is 46.4 Å². The smallest absolute Gasteiger partial charge is 0.381 e. The molecular formula is C22H35N3O4. The average molecular weight is 406 g/mol. The predicted molar refractivity (Wildman–Crippen MR) is 112 cm³/mol. The van der Waals surface area contributed by atoms with E-state index in [2.05, 4.69) is 10.6 Å². The quantitative estimate of drug-likeness (QED) is 0.586. The minimum absolute atomic E-state index is 0.211. The van der Waals surface area contributed by atoms with Crippen molar-refractivity contribution < 1.29 is 19.5 Å². The van der Waals surface area contributed by atoms with Crippen LogP contribution in [0.2, 0.25) is 0 Å². The van der Waals surface area contributed by atoms with Crippen molar-refractivity contribution in [2.24, 2.45) is 0 Å². The van der Waals surface area contributed by atoms with Crippen LogP contribution in [0.5, 0.6) is 0 Å². The summed E-state index contributed by atoms with van der Waals surface area (Å²) in [5, 5.41) is 17.8. The van der Waals surface area contributed by atoms with E-state index in [9.17, 15) is 14.7 Å². The molecule has 29 heavy (non-hydrogen) atoms. The lowest BCUT2D eigenvalue weighted by molar-refractivity contribution is -0.142. The molecule has 1 heterocycles. The Kier molecular flexibility index (Phi) is 8.46. The summed E-state index contributed by atoms with van der Waals surface area (Å²) >= 11 is 0. The Morgan fingerprint density at radius 1 is 1.24 bits per heavy atom. The summed E-state index contributed by atoms with van der Waals surface area (Å²) in [6, 6.07) is 8.58. The lowest BCUT2D eigenvalue weighted by Crippen LogP contribution is -2.52. The van der Waals surface area contributed by atoms with Crippen LogP contribution in [0.4, 0.5) is 4.79 Å². The Balaban J connectivity index is 1.96. The molecule has 2 rings (SSSR count). The summed E-state index contributed by atoms with van der Waals surface area (Å²) in [6.45, 7) is 8.60. The Bertz CT molecular complexity index is 665. The van der Waals surface area contributed by atoms with E-state index >= 15 is 0 Å². The van der Waals surface area contributed by atoms with E-state index in [4.69, 9.17) is 4.84 Å². The third kappa shape index (κ3) is 6.72. The van der Waals surface area contributed by atoms with Gasteiger partial charge < -0.3 is 20.6 Å². The van der Waals surface area contributed by atoms with Gasteiger partial charge in [-0.05, 0) is 45.6 Å². The molecule has 7 nitrogen and oxygen atoms in total. The normalized spacial score (nSPS) is 19.2. The number of hydrogen-bond donors (Lipinski definition) is 3. The second-order valence-corrected chi connectivity index (χ2v) is 8.38.